The minimum Gasteiger partial charge on any atom is -0.461 e. The summed E-state index contributed by atoms with van der Waals surface area (Å²) >= 11 is 4.65. The Morgan fingerprint density at radius 2 is 2.08 bits per heavy atom. The number of thiol groups is 1. The fourth-order valence-electron chi connectivity index (χ4n) is 2.77. The maximum absolute atomic E-state index is 5.44. The minimum absolute atomic E-state index is 0.443. The summed E-state index contributed by atoms with van der Waals surface area (Å²) in [6.45, 7) is 4.69. The van der Waals surface area contributed by atoms with E-state index in [1.54, 1.807) is 6.26 Å². The number of hydrogen-bond donors (Lipinski definition) is 1. The zero-order valence-electron chi connectivity index (χ0n) is 14.3. The van der Waals surface area contributed by atoms with E-state index in [-0.39, 0.29) is 0 Å². The standard InChI is InChI=1S/C18H17N5O2S/c1-3-23-16(13-8-5-9-24-13)20-21-17(23)14(26)15-19-18(25-22-15)12-7-4-6-11(2)10-12/h4-10,14,26H,3H2,1-2H3. The van der Waals surface area contributed by atoms with E-state index in [2.05, 4.69) is 33.0 Å². The van der Waals surface area contributed by atoms with Gasteiger partial charge < -0.3 is 13.5 Å². The van der Waals surface area contributed by atoms with Crippen LogP contribution in [0, 0.1) is 6.92 Å². The van der Waals surface area contributed by atoms with Crippen LogP contribution in [0.15, 0.2) is 51.6 Å². The lowest BCUT2D eigenvalue weighted by Crippen LogP contribution is -2.08. The van der Waals surface area contributed by atoms with Gasteiger partial charge in [-0.15, -0.1) is 10.2 Å². The Bertz CT molecular complexity index is 1020. The molecule has 4 rings (SSSR count). The number of rotatable bonds is 5. The van der Waals surface area contributed by atoms with Crippen molar-refractivity contribution in [2.24, 2.45) is 0 Å². The summed E-state index contributed by atoms with van der Waals surface area (Å²) in [5.41, 5.74) is 2.00. The predicted octanol–water partition coefficient (Wildman–Crippen LogP) is 3.94. The quantitative estimate of drug-likeness (QED) is 0.538. The first-order valence-corrected chi connectivity index (χ1v) is 8.74. The Morgan fingerprint density at radius 1 is 1.19 bits per heavy atom. The fraction of sp³-hybridized carbons (Fsp3) is 0.222. The smallest absolute Gasteiger partial charge is 0.257 e. The van der Waals surface area contributed by atoms with Gasteiger partial charge in [0.15, 0.2) is 23.2 Å². The van der Waals surface area contributed by atoms with E-state index in [1.165, 1.54) is 0 Å². The van der Waals surface area contributed by atoms with E-state index in [0.717, 1.165) is 11.1 Å². The topological polar surface area (TPSA) is 82.8 Å². The third kappa shape index (κ3) is 2.92. The number of furan rings is 1. The maximum Gasteiger partial charge on any atom is 0.257 e. The number of nitrogens with zero attached hydrogens (tertiary/aromatic N) is 5. The summed E-state index contributed by atoms with van der Waals surface area (Å²) in [7, 11) is 0. The molecule has 0 aliphatic heterocycles. The zero-order valence-corrected chi connectivity index (χ0v) is 15.2. The van der Waals surface area contributed by atoms with E-state index in [9.17, 15) is 0 Å². The van der Waals surface area contributed by atoms with E-state index in [1.807, 2.05) is 54.8 Å². The molecule has 0 bridgehead atoms. The van der Waals surface area contributed by atoms with Gasteiger partial charge in [-0.1, -0.05) is 22.9 Å². The molecule has 0 aliphatic carbocycles. The highest BCUT2D eigenvalue weighted by atomic mass is 32.1. The second-order valence-electron chi connectivity index (χ2n) is 5.83. The summed E-state index contributed by atoms with van der Waals surface area (Å²) < 4.78 is 12.8. The van der Waals surface area contributed by atoms with Gasteiger partial charge in [-0.05, 0) is 38.1 Å². The van der Waals surface area contributed by atoms with Gasteiger partial charge in [0, 0.05) is 12.1 Å². The number of benzene rings is 1. The Labute approximate surface area is 155 Å². The molecule has 0 aliphatic rings. The molecule has 1 unspecified atom stereocenters. The average Bonchev–Trinajstić information content (AvgIpc) is 3.40. The molecular formula is C18H17N5O2S. The van der Waals surface area contributed by atoms with Crippen LogP contribution in [0.3, 0.4) is 0 Å². The second kappa shape index (κ2) is 6.80. The summed E-state index contributed by atoms with van der Waals surface area (Å²) in [5.74, 6) is 2.84. The SMILES string of the molecule is CCn1c(-c2ccco2)nnc1C(S)c1noc(-c2cccc(C)c2)n1. The van der Waals surface area contributed by atoms with Crippen LogP contribution in [0.5, 0.6) is 0 Å². The van der Waals surface area contributed by atoms with Crippen molar-refractivity contribution in [2.75, 3.05) is 0 Å². The van der Waals surface area contributed by atoms with Crippen LogP contribution in [0.2, 0.25) is 0 Å². The van der Waals surface area contributed by atoms with Crippen molar-refractivity contribution in [1.82, 2.24) is 24.9 Å². The first kappa shape index (κ1) is 16.6. The molecule has 1 atom stereocenters. The van der Waals surface area contributed by atoms with Crippen LogP contribution in [0.25, 0.3) is 23.0 Å². The molecule has 0 saturated carbocycles. The van der Waals surface area contributed by atoms with Crippen LogP contribution in [-0.4, -0.2) is 24.9 Å². The summed E-state index contributed by atoms with van der Waals surface area (Å²) in [6, 6.07) is 11.6. The monoisotopic (exact) mass is 367 g/mol. The van der Waals surface area contributed by atoms with Gasteiger partial charge in [-0.2, -0.15) is 17.6 Å². The Balaban J connectivity index is 1.68. The molecule has 7 nitrogen and oxygen atoms in total. The van der Waals surface area contributed by atoms with Gasteiger partial charge >= 0.3 is 0 Å². The van der Waals surface area contributed by atoms with Crippen molar-refractivity contribution < 1.29 is 8.94 Å². The summed E-state index contributed by atoms with van der Waals surface area (Å²) in [5, 5.41) is 12.1. The molecule has 8 heteroatoms. The lowest BCUT2D eigenvalue weighted by atomic mass is 10.1. The third-order valence-electron chi connectivity index (χ3n) is 4.03. The largest absolute Gasteiger partial charge is 0.461 e. The average molecular weight is 367 g/mol. The van der Waals surface area contributed by atoms with Crippen molar-refractivity contribution in [3.8, 4) is 23.0 Å². The van der Waals surface area contributed by atoms with Gasteiger partial charge in [0.1, 0.15) is 5.25 Å². The molecule has 26 heavy (non-hydrogen) atoms. The van der Waals surface area contributed by atoms with Gasteiger partial charge in [-0.3, -0.25) is 0 Å². The highest BCUT2D eigenvalue weighted by molar-refractivity contribution is 7.80. The van der Waals surface area contributed by atoms with Crippen LogP contribution in [0.1, 0.15) is 29.4 Å². The van der Waals surface area contributed by atoms with Gasteiger partial charge in [0.25, 0.3) is 5.89 Å². The normalized spacial score (nSPS) is 12.4. The molecule has 0 N–H and O–H groups in total. The van der Waals surface area contributed by atoms with E-state index < -0.39 is 5.25 Å². The Kier molecular flexibility index (Phi) is 4.34. The maximum atomic E-state index is 5.44. The molecule has 1 aromatic carbocycles. The molecular weight excluding hydrogens is 350 g/mol. The van der Waals surface area contributed by atoms with Gasteiger partial charge in [-0.25, -0.2) is 0 Å². The molecule has 0 radical (unpaired) electrons. The highest BCUT2D eigenvalue weighted by Gasteiger charge is 2.25. The first-order valence-electron chi connectivity index (χ1n) is 8.23. The summed E-state index contributed by atoms with van der Waals surface area (Å²) in [4.78, 5) is 4.49. The Morgan fingerprint density at radius 3 is 2.81 bits per heavy atom. The first-order chi connectivity index (χ1) is 12.7. The predicted molar refractivity (Wildman–Crippen MR) is 98.7 cm³/mol. The van der Waals surface area contributed by atoms with E-state index >= 15 is 0 Å². The van der Waals surface area contributed by atoms with Crippen LogP contribution in [-0.2, 0) is 6.54 Å². The van der Waals surface area contributed by atoms with Crippen molar-refractivity contribution in [2.45, 2.75) is 25.6 Å². The van der Waals surface area contributed by atoms with Crippen molar-refractivity contribution in [3.63, 3.8) is 0 Å². The van der Waals surface area contributed by atoms with Gasteiger partial charge in [0.2, 0.25) is 0 Å². The lowest BCUT2D eigenvalue weighted by molar-refractivity contribution is 0.422. The van der Waals surface area contributed by atoms with E-state index in [4.69, 9.17) is 8.94 Å². The molecule has 0 spiro atoms. The Hall–Kier alpha value is -2.87. The van der Waals surface area contributed by atoms with Gasteiger partial charge in [0.05, 0.1) is 6.26 Å². The van der Waals surface area contributed by atoms with Crippen LogP contribution in [0.4, 0.5) is 0 Å². The molecule has 3 heterocycles. The molecule has 0 amide bonds. The molecule has 132 valence electrons. The van der Waals surface area contributed by atoms with E-state index in [0.29, 0.717) is 35.7 Å². The van der Waals surface area contributed by atoms with Crippen LogP contribution < -0.4 is 0 Å². The summed E-state index contributed by atoms with van der Waals surface area (Å²) in [6.07, 6.45) is 1.61. The second-order valence-corrected chi connectivity index (χ2v) is 6.35. The molecule has 4 aromatic rings. The number of aryl methyl sites for hydroxylation is 1. The number of aromatic nitrogens is 5. The fourth-order valence-corrected chi connectivity index (χ4v) is 3.07. The highest BCUT2D eigenvalue weighted by Crippen LogP contribution is 2.30. The van der Waals surface area contributed by atoms with Crippen molar-refractivity contribution in [3.05, 3.63) is 59.9 Å². The third-order valence-corrected chi connectivity index (χ3v) is 4.49. The van der Waals surface area contributed by atoms with Crippen molar-refractivity contribution >= 4 is 12.6 Å². The minimum atomic E-state index is -0.464. The molecule has 0 saturated heterocycles. The lowest BCUT2D eigenvalue weighted by Gasteiger charge is -2.09. The van der Waals surface area contributed by atoms with Crippen molar-refractivity contribution in [1.29, 1.82) is 0 Å². The zero-order chi connectivity index (χ0) is 18.1. The van der Waals surface area contributed by atoms with Crippen LogP contribution >= 0.6 is 12.6 Å². The molecule has 0 fully saturated rings. The number of hydrogen-bond acceptors (Lipinski definition) is 7. The molecule has 3 aromatic heterocycles.